The summed E-state index contributed by atoms with van der Waals surface area (Å²) in [5.74, 6) is 0. The summed E-state index contributed by atoms with van der Waals surface area (Å²) in [7, 11) is 0. The van der Waals surface area contributed by atoms with Crippen LogP contribution >= 0.6 is 0 Å². The van der Waals surface area contributed by atoms with Gasteiger partial charge in [-0.2, -0.15) is 0 Å². The lowest BCUT2D eigenvalue weighted by Crippen LogP contribution is -2.26. The molecule has 1 atom stereocenters. The lowest BCUT2D eigenvalue weighted by molar-refractivity contribution is 0.0651. The Morgan fingerprint density at radius 2 is 2.33 bits per heavy atom. The summed E-state index contributed by atoms with van der Waals surface area (Å²) in [4.78, 5) is 0. The van der Waals surface area contributed by atoms with Gasteiger partial charge in [0.15, 0.2) is 0 Å². The lowest BCUT2D eigenvalue weighted by atomic mass is 10.3. The summed E-state index contributed by atoms with van der Waals surface area (Å²) in [6.07, 6.45) is 4.39. The molecule has 0 saturated carbocycles. The van der Waals surface area contributed by atoms with Crippen LogP contribution in [0.25, 0.3) is 0 Å². The molecule has 0 aliphatic carbocycles. The van der Waals surface area contributed by atoms with Crippen LogP contribution in [0, 0.1) is 0 Å². The van der Waals surface area contributed by atoms with Crippen molar-refractivity contribution in [2.24, 2.45) is 0 Å². The first-order valence-corrected chi connectivity index (χ1v) is 4.74. The zero-order valence-corrected chi connectivity index (χ0v) is 8.31. The fourth-order valence-corrected chi connectivity index (χ4v) is 0.919. The molecule has 0 radical (unpaired) electrons. The van der Waals surface area contributed by atoms with Gasteiger partial charge in [0.2, 0.25) is 0 Å². The summed E-state index contributed by atoms with van der Waals surface area (Å²) >= 11 is 0. The van der Waals surface area contributed by atoms with Gasteiger partial charge in [-0.15, -0.1) is 6.58 Å². The molecule has 0 fully saturated rings. The van der Waals surface area contributed by atoms with Crippen LogP contribution in [-0.4, -0.2) is 25.8 Å². The largest absolute Gasteiger partial charge is 0.377 e. The van der Waals surface area contributed by atoms with Gasteiger partial charge in [-0.3, -0.25) is 0 Å². The van der Waals surface area contributed by atoms with E-state index in [-0.39, 0.29) is 0 Å². The Kier molecular flexibility index (Phi) is 8.51. The van der Waals surface area contributed by atoms with Crippen LogP contribution in [0.2, 0.25) is 0 Å². The molecule has 0 spiro atoms. The first-order chi connectivity index (χ1) is 5.81. The zero-order chi connectivity index (χ0) is 9.23. The summed E-state index contributed by atoms with van der Waals surface area (Å²) in [5, 5.41) is 3.24. The number of rotatable bonds is 8. The van der Waals surface area contributed by atoms with Gasteiger partial charge < -0.3 is 10.1 Å². The molecule has 1 unspecified atom stereocenters. The number of unbranched alkanes of at least 4 members (excludes halogenated alkanes) is 1. The summed E-state index contributed by atoms with van der Waals surface area (Å²) in [5.41, 5.74) is 0. The van der Waals surface area contributed by atoms with E-state index >= 15 is 0 Å². The minimum atomic E-state index is 0.328. The van der Waals surface area contributed by atoms with Gasteiger partial charge in [-0.25, -0.2) is 0 Å². The molecule has 0 rings (SSSR count). The fraction of sp³-hybridized carbons (Fsp3) is 0.800. The number of likely N-dealkylation sites (N-methyl/N-ethyl adjacent to an activating group) is 1. The van der Waals surface area contributed by atoms with Gasteiger partial charge in [-0.1, -0.05) is 13.0 Å². The highest BCUT2D eigenvalue weighted by molar-refractivity contribution is 4.65. The molecule has 72 valence electrons. The molecule has 2 nitrogen and oxygen atoms in total. The molecule has 0 aromatic heterocycles. The molecule has 0 amide bonds. The van der Waals surface area contributed by atoms with Crippen molar-refractivity contribution in [1.82, 2.24) is 5.32 Å². The summed E-state index contributed by atoms with van der Waals surface area (Å²) in [6.45, 7) is 10.7. The minimum absolute atomic E-state index is 0.328. The van der Waals surface area contributed by atoms with Gasteiger partial charge in [0, 0.05) is 13.2 Å². The normalized spacial score (nSPS) is 12.8. The Morgan fingerprint density at radius 3 is 2.92 bits per heavy atom. The molecule has 0 aliphatic heterocycles. The van der Waals surface area contributed by atoms with E-state index in [4.69, 9.17) is 4.74 Å². The van der Waals surface area contributed by atoms with E-state index in [0.29, 0.717) is 6.10 Å². The summed E-state index contributed by atoms with van der Waals surface area (Å²) < 4.78 is 5.54. The molecule has 0 saturated heterocycles. The maximum atomic E-state index is 5.54. The van der Waals surface area contributed by atoms with Gasteiger partial charge in [0.25, 0.3) is 0 Å². The van der Waals surface area contributed by atoms with Gasteiger partial charge >= 0.3 is 0 Å². The van der Waals surface area contributed by atoms with E-state index in [9.17, 15) is 0 Å². The predicted molar refractivity (Wildman–Crippen MR) is 53.4 cm³/mol. The Balaban J connectivity index is 3.07. The summed E-state index contributed by atoms with van der Waals surface area (Å²) in [6, 6.07) is 0. The fourth-order valence-electron chi connectivity index (χ4n) is 0.919. The zero-order valence-electron chi connectivity index (χ0n) is 8.31. The smallest absolute Gasteiger partial charge is 0.0671 e. The second-order valence-corrected chi connectivity index (χ2v) is 2.92. The number of ether oxygens (including phenoxy) is 1. The monoisotopic (exact) mass is 171 g/mol. The molecule has 0 aliphatic rings. The highest BCUT2D eigenvalue weighted by atomic mass is 16.5. The van der Waals surface area contributed by atoms with Gasteiger partial charge in [0.1, 0.15) is 0 Å². The van der Waals surface area contributed by atoms with Gasteiger partial charge in [0.05, 0.1) is 6.10 Å². The molecule has 0 aromatic rings. The maximum absolute atomic E-state index is 5.54. The SMILES string of the molecule is C=CCCCOC(C)CNCC. The van der Waals surface area contributed by atoms with Crippen LogP contribution in [0.5, 0.6) is 0 Å². The predicted octanol–water partition coefficient (Wildman–Crippen LogP) is 1.97. The minimum Gasteiger partial charge on any atom is -0.377 e. The number of allylic oxidation sites excluding steroid dienone is 1. The van der Waals surface area contributed by atoms with Crippen molar-refractivity contribution < 1.29 is 4.74 Å². The number of nitrogens with one attached hydrogen (secondary N) is 1. The van der Waals surface area contributed by atoms with E-state index in [2.05, 4.69) is 25.7 Å². The Morgan fingerprint density at radius 1 is 1.58 bits per heavy atom. The van der Waals surface area contributed by atoms with Crippen LogP contribution in [0.4, 0.5) is 0 Å². The standard InChI is InChI=1S/C10H21NO/c1-4-6-7-8-12-10(3)9-11-5-2/h4,10-11H,1,5-9H2,2-3H3. The first-order valence-electron chi connectivity index (χ1n) is 4.74. The molecule has 0 aromatic carbocycles. The van der Waals surface area contributed by atoms with E-state index < -0.39 is 0 Å². The van der Waals surface area contributed by atoms with Gasteiger partial charge in [-0.05, 0) is 26.3 Å². The van der Waals surface area contributed by atoms with E-state index in [1.54, 1.807) is 0 Å². The Hall–Kier alpha value is -0.340. The maximum Gasteiger partial charge on any atom is 0.0671 e. The molecule has 0 bridgehead atoms. The number of hydrogen-bond acceptors (Lipinski definition) is 2. The second kappa shape index (κ2) is 8.75. The van der Waals surface area contributed by atoms with Crippen LogP contribution in [0.3, 0.4) is 0 Å². The topological polar surface area (TPSA) is 21.3 Å². The van der Waals surface area contributed by atoms with Crippen molar-refractivity contribution >= 4 is 0 Å². The van der Waals surface area contributed by atoms with Crippen molar-refractivity contribution in [3.05, 3.63) is 12.7 Å². The van der Waals surface area contributed by atoms with E-state index in [0.717, 1.165) is 32.5 Å². The second-order valence-electron chi connectivity index (χ2n) is 2.92. The highest BCUT2D eigenvalue weighted by Crippen LogP contribution is 1.94. The van der Waals surface area contributed by atoms with E-state index in [1.165, 1.54) is 0 Å². The van der Waals surface area contributed by atoms with Crippen molar-refractivity contribution in [1.29, 1.82) is 0 Å². The third-order valence-electron chi connectivity index (χ3n) is 1.64. The van der Waals surface area contributed by atoms with Crippen molar-refractivity contribution in [2.45, 2.75) is 32.8 Å². The van der Waals surface area contributed by atoms with E-state index in [1.807, 2.05) is 6.08 Å². The molecular weight excluding hydrogens is 150 g/mol. The van der Waals surface area contributed by atoms with Crippen LogP contribution in [0.1, 0.15) is 26.7 Å². The first kappa shape index (κ1) is 11.7. The molecule has 1 N–H and O–H groups in total. The average molecular weight is 171 g/mol. The molecule has 12 heavy (non-hydrogen) atoms. The van der Waals surface area contributed by atoms with Crippen molar-refractivity contribution in [2.75, 3.05) is 19.7 Å². The molecular formula is C10H21NO. The van der Waals surface area contributed by atoms with Crippen LogP contribution in [0.15, 0.2) is 12.7 Å². The molecule has 0 heterocycles. The Labute approximate surface area is 76.0 Å². The number of hydrogen-bond donors (Lipinski definition) is 1. The van der Waals surface area contributed by atoms with Crippen LogP contribution in [-0.2, 0) is 4.74 Å². The van der Waals surface area contributed by atoms with Crippen LogP contribution < -0.4 is 5.32 Å². The average Bonchev–Trinajstić information content (AvgIpc) is 2.09. The van der Waals surface area contributed by atoms with Crippen molar-refractivity contribution in [3.8, 4) is 0 Å². The third-order valence-corrected chi connectivity index (χ3v) is 1.64. The quantitative estimate of drug-likeness (QED) is 0.445. The molecule has 2 heteroatoms. The Bertz CT molecular complexity index is 104. The highest BCUT2D eigenvalue weighted by Gasteiger charge is 1.98. The lowest BCUT2D eigenvalue weighted by Gasteiger charge is -2.12. The third kappa shape index (κ3) is 7.76. The van der Waals surface area contributed by atoms with Crippen molar-refractivity contribution in [3.63, 3.8) is 0 Å².